The van der Waals surface area contributed by atoms with Crippen LogP contribution in [0.15, 0.2) is 23.7 Å². The molecule has 0 saturated carbocycles. The van der Waals surface area contributed by atoms with E-state index in [-0.39, 0.29) is 17.2 Å². The highest BCUT2D eigenvalue weighted by molar-refractivity contribution is 7.17. The van der Waals surface area contributed by atoms with Crippen LogP contribution in [0.3, 0.4) is 0 Å². The number of nitrogens with zero attached hydrogens (tertiary/aromatic N) is 1. The van der Waals surface area contributed by atoms with Gasteiger partial charge < -0.3 is 10.1 Å². The fourth-order valence-electron chi connectivity index (χ4n) is 3.76. The monoisotopic (exact) mass is 304 g/mol. The summed E-state index contributed by atoms with van der Waals surface area (Å²) >= 11 is 1.75. The van der Waals surface area contributed by atoms with E-state index in [4.69, 9.17) is 4.74 Å². The summed E-state index contributed by atoms with van der Waals surface area (Å²) in [7, 11) is 2.03. The van der Waals surface area contributed by atoms with Gasteiger partial charge in [-0.2, -0.15) is 0 Å². The van der Waals surface area contributed by atoms with Crippen LogP contribution in [-0.4, -0.2) is 23.2 Å². The van der Waals surface area contributed by atoms with E-state index in [0.29, 0.717) is 5.92 Å². The van der Waals surface area contributed by atoms with Crippen LogP contribution in [0.1, 0.15) is 45.7 Å². The number of hydrogen-bond acceptors (Lipinski definition) is 4. The summed E-state index contributed by atoms with van der Waals surface area (Å²) in [4.78, 5) is 4.60. The number of fused-ring (bicyclic) bond motifs is 1. The highest BCUT2D eigenvalue weighted by Crippen LogP contribution is 2.47. The minimum atomic E-state index is -0.137. The smallest absolute Gasteiger partial charge is 0.0809 e. The Kier molecular flexibility index (Phi) is 3.59. The highest BCUT2D eigenvalue weighted by atomic mass is 32.1. The first-order valence-electron chi connectivity index (χ1n) is 7.53. The van der Waals surface area contributed by atoms with Crippen LogP contribution in [0.4, 0.5) is 0 Å². The first kappa shape index (κ1) is 14.9. The number of hydrogen-bond donors (Lipinski definition) is 1. The Balaban J connectivity index is 1.97. The van der Waals surface area contributed by atoms with Crippen molar-refractivity contribution in [3.05, 3.63) is 29.3 Å². The third-order valence-electron chi connectivity index (χ3n) is 4.54. The summed E-state index contributed by atoms with van der Waals surface area (Å²) < 4.78 is 7.52. The zero-order chi connectivity index (χ0) is 15.3. The van der Waals surface area contributed by atoms with E-state index in [1.165, 1.54) is 10.3 Å². The van der Waals surface area contributed by atoms with E-state index in [0.717, 1.165) is 11.9 Å². The maximum Gasteiger partial charge on any atom is 0.0809 e. The predicted octanol–water partition coefficient (Wildman–Crippen LogP) is 4.15. The third-order valence-corrected chi connectivity index (χ3v) is 5.39. The lowest BCUT2D eigenvalue weighted by atomic mass is 9.79. The van der Waals surface area contributed by atoms with E-state index in [1.54, 1.807) is 11.3 Å². The molecule has 0 amide bonds. The molecule has 1 saturated heterocycles. The van der Waals surface area contributed by atoms with Crippen molar-refractivity contribution in [3.8, 4) is 0 Å². The number of pyridine rings is 1. The summed E-state index contributed by atoms with van der Waals surface area (Å²) in [5, 5.41) is 5.59. The normalized spacial score (nSPS) is 25.3. The Labute approximate surface area is 130 Å². The van der Waals surface area contributed by atoms with Gasteiger partial charge in [0.05, 0.1) is 21.4 Å². The van der Waals surface area contributed by atoms with Gasteiger partial charge >= 0.3 is 0 Å². The van der Waals surface area contributed by atoms with Crippen LogP contribution >= 0.6 is 11.3 Å². The van der Waals surface area contributed by atoms with Crippen LogP contribution < -0.4 is 5.32 Å². The lowest BCUT2D eigenvalue weighted by molar-refractivity contribution is -0.0776. The Morgan fingerprint density at radius 2 is 2.14 bits per heavy atom. The highest BCUT2D eigenvalue weighted by Gasteiger charge is 2.49. The third kappa shape index (κ3) is 2.72. The quantitative estimate of drug-likeness (QED) is 0.925. The number of ether oxygens (including phenoxy) is 1. The summed E-state index contributed by atoms with van der Waals surface area (Å²) in [6.07, 6.45) is 3.06. The second-order valence-electron chi connectivity index (χ2n) is 7.11. The molecule has 0 spiro atoms. The molecule has 2 aromatic rings. The largest absolute Gasteiger partial charge is 0.369 e. The average molecular weight is 304 g/mol. The molecule has 114 valence electrons. The molecule has 3 nitrogen and oxygen atoms in total. The first-order valence-corrected chi connectivity index (χ1v) is 8.41. The Morgan fingerprint density at radius 1 is 1.38 bits per heavy atom. The number of aromatic nitrogens is 1. The maximum absolute atomic E-state index is 6.27. The molecule has 0 aromatic carbocycles. The minimum Gasteiger partial charge on any atom is -0.369 e. The molecule has 1 N–H and O–H groups in total. The Morgan fingerprint density at radius 3 is 2.76 bits per heavy atom. The van der Waals surface area contributed by atoms with Crippen molar-refractivity contribution in [1.82, 2.24) is 10.3 Å². The molecule has 2 atom stereocenters. The topological polar surface area (TPSA) is 34.2 Å². The number of thiophene rings is 1. The van der Waals surface area contributed by atoms with Crippen molar-refractivity contribution < 1.29 is 4.74 Å². The minimum absolute atomic E-state index is 0.0657. The lowest BCUT2D eigenvalue weighted by Gasteiger charge is -2.33. The molecule has 0 bridgehead atoms. The van der Waals surface area contributed by atoms with E-state index in [2.05, 4.69) is 55.5 Å². The van der Waals surface area contributed by atoms with Crippen LogP contribution in [0, 0.1) is 5.92 Å². The van der Waals surface area contributed by atoms with Gasteiger partial charge in [-0.25, -0.2) is 0 Å². The zero-order valence-electron chi connectivity index (χ0n) is 13.4. The standard InChI is InChI=1S/C17H24N2OS/c1-16(2)9-12(17(3,4)20-16)15(18-5)11-8-14-13(19-10-11)6-7-21-14/h6-8,10,12,15,18H,9H2,1-5H3. The summed E-state index contributed by atoms with van der Waals surface area (Å²) in [5.74, 6) is 0.428. The van der Waals surface area contributed by atoms with Gasteiger partial charge in [-0.1, -0.05) is 0 Å². The van der Waals surface area contributed by atoms with Crippen LogP contribution in [-0.2, 0) is 4.74 Å². The van der Waals surface area contributed by atoms with Gasteiger partial charge in [-0.15, -0.1) is 11.3 Å². The first-order chi connectivity index (χ1) is 9.82. The van der Waals surface area contributed by atoms with Gasteiger partial charge in [0, 0.05) is 18.2 Å². The van der Waals surface area contributed by atoms with Crippen molar-refractivity contribution in [2.45, 2.75) is 51.4 Å². The van der Waals surface area contributed by atoms with Crippen LogP contribution in [0.5, 0.6) is 0 Å². The van der Waals surface area contributed by atoms with Gasteiger partial charge in [-0.05, 0) is 64.2 Å². The summed E-state index contributed by atoms with van der Waals surface area (Å²) in [6, 6.07) is 4.61. The maximum atomic E-state index is 6.27. The van der Waals surface area contributed by atoms with Gasteiger partial charge in [0.2, 0.25) is 0 Å². The molecule has 0 radical (unpaired) electrons. The molecule has 1 fully saturated rings. The second kappa shape index (κ2) is 5.04. The number of nitrogens with one attached hydrogen (secondary N) is 1. The molecule has 2 unspecified atom stereocenters. The fraction of sp³-hybridized carbons (Fsp3) is 0.588. The summed E-state index contributed by atoms with van der Waals surface area (Å²) in [5.41, 5.74) is 2.14. The molecule has 3 heterocycles. The molecular formula is C17H24N2OS. The fourth-order valence-corrected chi connectivity index (χ4v) is 4.55. The molecule has 0 aliphatic carbocycles. The summed E-state index contributed by atoms with van der Waals surface area (Å²) in [6.45, 7) is 8.77. The SMILES string of the molecule is CNC(c1cnc2ccsc2c1)C1CC(C)(C)OC1(C)C. The molecule has 2 aromatic heterocycles. The second-order valence-corrected chi connectivity index (χ2v) is 8.06. The molecule has 1 aliphatic rings. The predicted molar refractivity (Wildman–Crippen MR) is 88.8 cm³/mol. The van der Waals surface area contributed by atoms with Gasteiger partial charge in [0.15, 0.2) is 0 Å². The van der Waals surface area contributed by atoms with Crippen molar-refractivity contribution in [1.29, 1.82) is 0 Å². The van der Waals surface area contributed by atoms with Crippen LogP contribution in [0.2, 0.25) is 0 Å². The Bertz CT molecular complexity index is 647. The van der Waals surface area contributed by atoms with Gasteiger partial charge in [0.1, 0.15) is 0 Å². The lowest BCUT2D eigenvalue weighted by Crippen LogP contribution is -2.37. The molecule has 3 rings (SSSR count). The van der Waals surface area contributed by atoms with Crippen molar-refractivity contribution in [3.63, 3.8) is 0 Å². The van der Waals surface area contributed by atoms with E-state index in [9.17, 15) is 0 Å². The number of rotatable bonds is 3. The van der Waals surface area contributed by atoms with E-state index < -0.39 is 0 Å². The molecule has 4 heteroatoms. The van der Waals surface area contributed by atoms with Crippen molar-refractivity contribution in [2.24, 2.45) is 5.92 Å². The average Bonchev–Trinajstić information content (AvgIpc) is 2.92. The van der Waals surface area contributed by atoms with Gasteiger partial charge in [-0.3, -0.25) is 4.98 Å². The molecule has 21 heavy (non-hydrogen) atoms. The molecular weight excluding hydrogens is 280 g/mol. The Hall–Kier alpha value is -0.970. The van der Waals surface area contributed by atoms with E-state index >= 15 is 0 Å². The van der Waals surface area contributed by atoms with Crippen LogP contribution in [0.25, 0.3) is 10.2 Å². The van der Waals surface area contributed by atoms with Crippen molar-refractivity contribution >= 4 is 21.6 Å². The van der Waals surface area contributed by atoms with Crippen molar-refractivity contribution in [2.75, 3.05) is 7.05 Å². The van der Waals surface area contributed by atoms with Gasteiger partial charge in [0.25, 0.3) is 0 Å². The molecule has 1 aliphatic heterocycles. The van der Waals surface area contributed by atoms with E-state index in [1.807, 2.05) is 13.2 Å². The zero-order valence-corrected chi connectivity index (χ0v) is 14.3.